The van der Waals surface area contributed by atoms with Crippen LogP contribution in [-0.2, 0) is 0 Å². The van der Waals surface area contributed by atoms with Crippen molar-refractivity contribution in [2.24, 2.45) is 0 Å². The highest BCUT2D eigenvalue weighted by molar-refractivity contribution is 5.60. The van der Waals surface area contributed by atoms with Crippen LogP contribution < -0.4 is 11.1 Å². The van der Waals surface area contributed by atoms with E-state index in [1.807, 2.05) is 12.1 Å². The molecule has 0 unspecified atom stereocenters. The van der Waals surface area contributed by atoms with Gasteiger partial charge in [0.2, 0.25) is 0 Å². The highest BCUT2D eigenvalue weighted by Gasteiger charge is 2.35. The fourth-order valence-corrected chi connectivity index (χ4v) is 2.63. The van der Waals surface area contributed by atoms with E-state index in [2.05, 4.69) is 29.3 Å². The van der Waals surface area contributed by atoms with E-state index >= 15 is 0 Å². The van der Waals surface area contributed by atoms with Crippen LogP contribution in [0.25, 0.3) is 0 Å². The third kappa shape index (κ3) is 2.52. The lowest BCUT2D eigenvalue weighted by molar-refractivity contribution is 0.172. The normalized spacial score (nSPS) is 18.5. The molecule has 1 fully saturated rings. The molecule has 1 heterocycles. The second kappa shape index (κ2) is 4.92. The Labute approximate surface area is 103 Å². The summed E-state index contributed by atoms with van der Waals surface area (Å²) < 4.78 is 0. The molecule has 0 aromatic carbocycles. The number of hydrogen-bond donors (Lipinski definition) is 2. The predicted octanol–water partition coefficient (Wildman–Crippen LogP) is 1.95. The monoisotopic (exact) mass is 234 g/mol. The Bertz CT molecular complexity index is 369. The average molecular weight is 234 g/mol. The second-order valence-corrected chi connectivity index (χ2v) is 5.12. The van der Waals surface area contributed by atoms with Crippen molar-refractivity contribution in [2.45, 2.75) is 31.2 Å². The van der Waals surface area contributed by atoms with Crippen LogP contribution in [0.15, 0.2) is 18.3 Å². The molecule has 0 radical (unpaired) electrons. The number of aromatic nitrogens is 1. The minimum atomic E-state index is 0.268. The van der Waals surface area contributed by atoms with Crippen molar-refractivity contribution in [1.29, 1.82) is 0 Å². The van der Waals surface area contributed by atoms with E-state index in [0.717, 1.165) is 18.1 Å². The smallest absolute Gasteiger partial charge is 0.149 e. The third-order valence-corrected chi connectivity index (χ3v) is 3.91. The van der Waals surface area contributed by atoms with E-state index in [-0.39, 0.29) is 5.54 Å². The molecule has 3 N–H and O–H groups in total. The van der Waals surface area contributed by atoms with Gasteiger partial charge in [0.05, 0.1) is 5.69 Å². The van der Waals surface area contributed by atoms with Gasteiger partial charge in [-0.15, -0.1) is 0 Å². The molecule has 0 spiro atoms. The molecule has 0 saturated heterocycles. The Morgan fingerprint density at radius 3 is 2.71 bits per heavy atom. The minimum Gasteiger partial charge on any atom is -0.396 e. The Hall–Kier alpha value is -1.29. The van der Waals surface area contributed by atoms with Crippen LogP contribution in [0.5, 0.6) is 0 Å². The first kappa shape index (κ1) is 12.2. The molecule has 1 aliphatic carbocycles. The first-order valence-electron chi connectivity index (χ1n) is 6.26. The van der Waals surface area contributed by atoms with Crippen LogP contribution in [0, 0.1) is 0 Å². The first-order valence-corrected chi connectivity index (χ1v) is 6.26. The number of nitrogens with zero attached hydrogens (tertiary/aromatic N) is 2. The number of pyridine rings is 1. The average Bonchev–Trinajstić information content (AvgIpc) is 2.78. The second-order valence-electron chi connectivity index (χ2n) is 5.12. The maximum Gasteiger partial charge on any atom is 0.149 e. The number of nitrogens with one attached hydrogen (secondary N) is 1. The van der Waals surface area contributed by atoms with Crippen LogP contribution in [0.1, 0.15) is 25.7 Å². The summed E-state index contributed by atoms with van der Waals surface area (Å²) in [4.78, 5) is 6.61. The van der Waals surface area contributed by atoms with Gasteiger partial charge in [-0.2, -0.15) is 0 Å². The quantitative estimate of drug-likeness (QED) is 0.836. The van der Waals surface area contributed by atoms with Crippen LogP contribution in [0.2, 0.25) is 0 Å². The first-order chi connectivity index (χ1) is 8.14. The number of anilines is 2. The van der Waals surface area contributed by atoms with Crippen molar-refractivity contribution in [1.82, 2.24) is 9.88 Å². The van der Waals surface area contributed by atoms with Gasteiger partial charge in [0.15, 0.2) is 0 Å². The third-order valence-electron chi connectivity index (χ3n) is 3.91. The number of rotatable bonds is 4. The summed E-state index contributed by atoms with van der Waals surface area (Å²) >= 11 is 0. The molecular formula is C13H22N4. The zero-order chi connectivity index (χ0) is 12.3. The molecule has 4 nitrogen and oxygen atoms in total. The molecule has 2 rings (SSSR count). The summed E-state index contributed by atoms with van der Waals surface area (Å²) in [6, 6.07) is 3.74. The lowest BCUT2D eigenvalue weighted by atomic mass is 9.96. The standard InChI is InChI=1S/C13H22N4/c1-17(2)13(7-3-4-8-13)10-16-12-11(14)6-5-9-15-12/h5-6,9H,3-4,7-8,10,14H2,1-2H3,(H,15,16). The molecule has 1 saturated carbocycles. The minimum absolute atomic E-state index is 0.268. The Morgan fingerprint density at radius 1 is 1.41 bits per heavy atom. The Kier molecular flexibility index (Phi) is 3.52. The van der Waals surface area contributed by atoms with E-state index in [4.69, 9.17) is 5.73 Å². The van der Waals surface area contributed by atoms with Crippen molar-refractivity contribution >= 4 is 11.5 Å². The van der Waals surface area contributed by atoms with Gasteiger partial charge in [-0.05, 0) is 39.1 Å². The van der Waals surface area contributed by atoms with Gasteiger partial charge >= 0.3 is 0 Å². The summed E-state index contributed by atoms with van der Waals surface area (Å²) in [5.74, 6) is 0.806. The SMILES string of the molecule is CN(C)C1(CNc2ncccc2N)CCCC1. The van der Waals surface area contributed by atoms with Crippen LogP contribution in [0.3, 0.4) is 0 Å². The fourth-order valence-electron chi connectivity index (χ4n) is 2.63. The summed E-state index contributed by atoms with van der Waals surface area (Å²) in [6.07, 6.45) is 6.91. The van der Waals surface area contributed by atoms with Gasteiger partial charge in [0.1, 0.15) is 5.82 Å². The van der Waals surface area contributed by atoms with Crippen molar-refractivity contribution in [2.75, 3.05) is 31.7 Å². The summed E-state index contributed by atoms with van der Waals surface area (Å²) in [6.45, 7) is 0.918. The van der Waals surface area contributed by atoms with E-state index < -0.39 is 0 Å². The van der Waals surface area contributed by atoms with Crippen molar-refractivity contribution in [3.05, 3.63) is 18.3 Å². The van der Waals surface area contributed by atoms with Gasteiger partial charge in [0, 0.05) is 18.3 Å². The van der Waals surface area contributed by atoms with E-state index in [1.54, 1.807) is 6.20 Å². The zero-order valence-corrected chi connectivity index (χ0v) is 10.7. The topological polar surface area (TPSA) is 54.2 Å². The lowest BCUT2D eigenvalue weighted by Gasteiger charge is -2.36. The summed E-state index contributed by atoms with van der Waals surface area (Å²) in [7, 11) is 4.32. The van der Waals surface area contributed by atoms with Gasteiger partial charge in [-0.1, -0.05) is 12.8 Å². The van der Waals surface area contributed by atoms with Crippen molar-refractivity contribution in [3.8, 4) is 0 Å². The van der Waals surface area contributed by atoms with E-state index in [9.17, 15) is 0 Å². The maximum atomic E-state index is 5.89. The Balaban J connectivity index is 2.03. The number of nitrogen functional groups attached to an aromatic ring is 1. The zero-order valence-electron chi connectivity index (χ0n) is 10.7. The molecule has 1 aromatic rings. The molecule has 94 valence electrons. The predicted molar refractivity (Wildman–Crippen MR) is 72.0 cm³/mol. The molecule has 4 heteroatoms. The molecule has 1 aromatic heterocycles. The van der Waals surface area contributed by atoms with E-state index in [1.165, 1.54) is 25.7 Å². The highest BCUT2D eigenvalue weighted by Crippen LogP contribution is 2.34. The molecule has 0 amide bonds. The number of likely N-dealkylation sites (N-methyl/N-ethyl adjacent to an activating group) is 1. The highest BCUT2D eigenvalue weighted by atomic mass is 15.2. The Morgan fingerprint density at radius 2 is 2.12 bits per heavy atom. The number of hydrogen-bond acceptors (Lipinski definition) is 4. The molecule has 0 atom stereocenters. The number of nitrogens with two attached hydrogens (primary N) is 1. The van der Waals surface area contributed by atoms with Crippen LogP contribution >= 0.6 is 0 Å². The van der Waals surface area contributed by atoms with Gasteiger partial charge in [-0.25, -0.2) is 4.98 Å². The van der Waals surface area contributed by atoms with Gasteiger partial charge in [-0.3, -0.25) is 0 Å². The summed E-state index contributed by atoms with van der Waals surface area (Å²) in [5.41, 5.74) is 6.88. The summed E-state index contributed by atoms with van der Waals surface area (Å²) in [5, 5.41) is 3.40. The van der Waals surface area contributed by atoms with Crippen molar-refractivity contribution in [3.63, 3.8) is 0 Å². The lowest BCUT2D eigenvalue weighted by Crippen LogP contribution is -2.47. The molecule has 0 aliphatic heterocycles. The van der Waals surface area contributed by atoms with Crippen molar-refractivity contribution < 1.29 is 0 Å². The molecule has 1 aliphatic rings. The molecule has 17 heavy (non-hydrogen) atoms. The van der Waals surface area contributed by atoms with E-state index in [0.29, 0.717) is 0 Å². The van der Waals surface area contributed by atoms with Crippen LogP contribution in [0.4, 0.5) is 11.5 Å². The largest absolute Gasteiger partial charge is 0.396 e. The molecular weight excluding hydrogens is 212 g/mol. The molecule has 0 bridgehead atoms. The van der Waals surface area contributed by atoms with Gasteiger partial charge < -0.3 is 16.0 Å². The van der Waals surface area contributed by atoms with Gasteiger partial charge in [0.25, 0.3) is 0 Å². The van der Waals surface area contributed by atoms with Crippen LogP contribution in [-0.4, -0.2) is 36.1 Å². The maximum absolute atomic E-state index is 5.89. The fraction of sp³-hybridized carbons (Fsp3) is 0.615.